The molecule has 3 aromatic carbocycles. The average Bonchev–Trinajstić information content (AvgIpc) is 2.91. The molecular formula is C28H32BrN3O5S. The maximum absolute atomic E-state index is 13.8. The Balaban J connectivity index is 2.04. The van der Waals surface area contributed by atoms with Crippen molar-refractivity contribution in [1.82, 2.24) is 10.2 Å². The third-order valence-corrected chi connectivity index (χ3v) is 8.33. The van der Waals surface area contributed by atoms with Crippen LogP contribution in [0.3, 0.4) is 0 Å². The SMILES string of the molecule is CCNC(=O)[C@H](C)N(Cc1ccc(Br)cc1)C(=O)CN(c1cccc(OC)c1)S(=O)(=O)c1ccc(C)cc1. The molecule has 38 heavy (non-hydrogen) atoms. The highest BCUT2D eigenvalue weighted by Gasteiger charge is 2.32. The van der Waals surface area contributed by atoms with Crippen molar-refractivity contribution in [2.45, 2.75) is 38.3 Å². The number of likely N-dealkylation sites (N-methyl/N-ethyl adjacent to an activating group) is 1. The van der Waals surface area contributed by atoms with Crippen molar-refractivity contribution in [3.63, 3.8) is 0 Å². The van der Waals surface area contributed by atoms with Gasteiger partial charge in [0.1, 0.15) is 18.3 Å². The van der Waals surface area contributed by atoms with Crippen LogP contribution in [0.2, 0.25) is 0 Å². The second kappa shape index (κ2) is 12.9. The summed E-state index contributed by atoms with van der Waals surface area (Å²) in [6, 6.07) is 19.5. The molecule has 3 aromatic rings. The third-order valence-electron chi connectivity index (χ3n) is 6.01. The lowest BCUT2D eigenvalue weighted by Crippen LogP contribution is -2.51. The summed E-state index contributed by atoms with van der Waals surface area (Å²) in [5, 5.41) is 2.75. The minimum absolute atomic E-state index is 0.0509. The molecule has 0 aliphatic carbocycles. The second-order valence-corrected chi connectivity index (χ2v) is 11.5. The highest BCUT2D eigenvalue weighted by molar-refractivity contribution is 9.10. The van der Waals surface area contributed by atoms with Gasteiger partial charge in [-0.15, -0.1) is 0 Å². The van der Waals surface area contributed by atoms with E-state index in [0.717, 1.165) is 19.9 Å². The fraction of sp³-hybridized carbons (Fsp3) is 0.286. The summed E-state index contributed by atoms with van der Waals surface area (Å²) in [7, 11) is -2.65. The van der Waals surface area contributed by atoms with Crippen LogP contribution in [-0.2, 0) is 26.2 Å². The Bertz CT molecular complexity index is 1360. The van der Waals surface area contributed by atoms with E-state index in [4.69, 9.17) is 4.74 Å². The Morgan fingerprint density at radius 1 is 1.03 bits per heavy atom. The highest BCUT2D eigenvalue weighted by atomic mass is 79.9. The van der Waals surface area contributed by atoms with Gasteiger partial charge in [-0.3, -0.25) is 13.9 Å². The number of anilines is 1. The average molecular weight is 603 g/mol. The summed E-state index contributed by atoms with van der Waals surface area (Å²) >= 11 is 3.40. The Kier molecular flexibility index (Phi) is 9.93. The number of halogens is 1. The first-order valence-electron chi connectivity index (χ1n) is 12.1. The molecule has 0 aliphatic heterocycles. The summed E-state index contributed by atoms with van der Waals surface area (Å²) in [5.74, 6) is -0.404. The maximum atomic E-state index is 13.8. The van der Waals surface area contributed by atoms with Crippen LogP contribution < -0.4 is 14.4 Å². The summed E-state index contributed by atoms with van der Waals surface area (Å²) in [5.41, 5.74) is 1.98. The summed E-state index contributed by atoms with van der Waals surface area (Å²) < 4.78 is 34.9. The molecule has 10 heteroatoms. The van der Waals surface area contributed by atoms with Gasteiger partial charge in [-0.1, -0.05) is 51.8 Å². The van der Waals surface area contributed by atoms with Crippen LogP contribution in [0, 0.1) is 6.92 Å². The van der Waals surface area contributed by atoms with Crippen molar-refractivity contribution >= 4 is 43.5 Å². The van der Waals surface area contributed by atoms with Crippen LogP contribution in [0.15, 0.2) is 82.2 Å². The largest absolute Gasteiger partial charge is 0.497 e. The molecule has 2 amide bonds. The first kappa shape index (κ1) is 29.2. The minimum atomic E-state index is -4.14. The Morgan fingerprint density at radius 3 is 2.29 bits per heavy atom. The molecule has 1 N–H and O–H groups in total. The van der Waals surface area contributed by atoms with Crippen LogP contribution in [0.5, 0.6) is 5.75 Å². The smallest absolute Gasteiger partial charge is 0.264 e. The van der Waals surface area contributed by atoms with E-state index in [9.17, 15) is 18.0 Å². The monoisotopic (exact) mass is 601 g/mol. The number of benzene rings is 3. The van der Waals surface area contributed by atoms with E-state index in [2.05, 4.69) is 21.2 Å². The number of methoxy groups -OCH3 is 1. The number of sulfonamides is 1. The van der Waals surface area contributed by atoms with Gasteiger partial charge in [-0.25, -0.2) is 8.42 Å². The molecule has 0 heterocycles. The van der Waals surface area contributed by atoms with Gasteiger partial charge in [0.2, 0.25) is 11.8 Å². The zero-order valence-electron chi connectivity index (χ0n) is 21.8. The molecule has 0 saturated heterocycles. The van der Waals surface area contributed by atoms with Crippen LogP contribution in [-0.4, -0.2) is 51.4 Å². The molecule has 0 unspecified atom stereocenters. The number of aryl methyl sites for hydroxylation is 1. The normalized spacial score (nSPS) is 11.9. The lowest BCUT2D eigenvalue weighted by Gasteiger charge is -2.32. The van der Waals surface area contributed by atoms with Crippen molar-refractivity contribution in [3.8, 4) is 5.75 Å². The standard InChI is InChI=1S/C28H32BrN3O5S/c1-5-30-28(34)21(3)31(18-22-11-13-23(29)14-12-22)27(33)19-32(24-7-6-8-25(17-24)37-4)38(35,36)26-15-9-20(2)10-16-26/h6-17,21H,5,18-19H2,1-4H3,(H,30,34)/t21-/m0/s1. The molecule has 202 valence electrons. The maximum Gasteiger partial charge on any atom is 0.264 e. The summed E-state index contributed by atoms with van der Waals surface area (Å²) in [6.45, 7) is 5.31. The van der Waals surface area contributed by atoms with Gasteiger partial charge in [0.15, 0.2) is 0 Å². The van der Waals surface area contributed by atoms with E-state index >= 15 is 0 Å². The van der Waals surface area contributed by atoms with Crippen LogP contribution in [0.25, 0.3) is 0 Å². The zero-order chi connectivity index (χ0) is 27.9. The van der Waals surface area contributed by atoms with E-state index in [1.165, 1.54) is 24.1 Å². The molecule has 0 saturated carbocycles. The summed E-state index contributed by atoms with van der Waals surface area (Å²) in [6.07, 6.45) is 0. The van der Waals surface area contributed by atoms with Crippen molar-refractivity contribution in [2.24, 2.45) is 0 Å². The van der Waals surface area contributed by atoms with Gasteiger partial charge < -0.3 is 15.0 Å². The van der Waals surface area contributed by atoms with Crippen molar-refractivity contribution in [2.75, 3.05) is 24.5 Å². The van der Waals surface area contributed by atoms with Crippen molar-refractivity contribution in [3.05, 3.63) is 88.4 Å². The van der Waals surface area contributed by atoms with Crippen molar-refractivity contribution < 1.29 is 22.7 Å². The molecule has 0 aromatic heterocycles. The fourth-order valence-electron chi connectivity index (χ4n) is 3.82. The predicted octanol–water partition coefficient (Wildman–Crippen LogP) is 4.51. The molecule has 0 aliphatic rings. The lowest BCUT2D eigenvalue weighted by atomic mass is 10.1. The molecule has 0 fully saturated rings. The van der Waals surface area contributed by atoms with Gasteiger partial charge in [-0.05, 0) is 62.7 Å². The van der Waals surface area contributed by atoms with E-state index in [1.807, 2.05) is 31.2 Å². The van der Waals surface area contributed by atoms with E-state index in [-0.39, 0.29) is 23.0 Å². The predicted molar refractivity (Wildman–Crippen MR) is 152 cm³/mol. The van der Waals surface area contributed by atoms with Gasteiger partial charge in [0, 0.05) is 23.6 Å². The molecule has 0 spiro atoms. The fourth-order valence-corrected chi connectivity index (χ4v) is 5.49. The molecule has 0 bridgehead atoms. The Labute approximate surface area is 232 Å². The number of carbonyl (C=O) groups is 2. The molecular weight excluding hydrogens is 570 g/mol. The van der Waals surface area contributed by atoms with Crippen LogP contribution in [0.1, 0.15) is 25.0 Å². The van der Waals surface area contributed by atoms with Crippen molar-refractivity contribution in [1.29, 1.82) is 0 Å². The molecule has 3 rings (SSSR count). The first-order chi connectivity index (χ1) is 18.1. The number of ether oxygens (including phenoxy) is 1. The quantitative estimate of drug-likeness (QED) is 0.349. The van der Waals surface area contributed by atoms with Crippen LogP contribution >= 0.6 is 15.9 Å². The number of hydrogen-bond donors (Lipinski definition) is 1. The molecule has 1 atom stereocenters. The lowest BCUT2D eigenvalue weighted by molar-refractivity contribution is -0.139. The van der Waals surface area contributed by atoms with E-state index in [1.54, 1.807) is 50.2 Å². The van der Waals surface area contributed by atoms with Gasteiger partial charge >= 0.3 is 0 Å². The number of nitrogens with zero attached hydrogens (tertiary/aromatic N) is 2. The van der Waals surface area contributed by atoms with E-state index in [0.29, 0.717) is 12.3 Å². The van der Waals surface area contributed by atoms with Crippen LogP contribution in [0.4, 0.5) is 5.69 Å². The highest BCUT2D eigenvalue weighted by Crippen LogP contribution is 2.28. The third kappa shape index (κ3) is 7.14. The zero-order valence-corrected chi connectivity index (χ0v) is 24.3. The number of rotatable bonds is 11. The van der Waals surface area contributed by atoms with Gasteiger partial charge in [0.05, 0.1) is 17.7 Å². The number of nitrogens with one attached hydrogen (secondary N) is 1. The molecule has 8 nitrogen and oxygen atoms in total. The Hall–Kier alpha value is -3.37. The van der Waals surface area contributed by atoms with Gasteiger partial charge in [-0.2, -0.15) is 0 Å². The minimum Gasteiger partial charge on any atom is -0.497 e. The number of amides is 2. The first-order valence-corrected chi connectivity index (χ1v) is 14.3. The number of carbonyl (C=O) groups excluding carboxylic acids is 2. The summed E-state index contributed by atoms with van der Waals surface area (Å²) in [4.78, 5) is 28.0. The second-order valence-electron chi connectivity index (χ2n) is 8.74. The topological polar surface area (TPSA) is 96.0 Å². The Morgan fingerprint density at radius 2 is 1.68 bits per heavy atom. The molecule has 0 radical (unpaired) electrons. The number of hydrogen-bond acceptors (Lipinski definition) is 5. The van der Waals surface area contributed by atoms with Gasteiger partial charge in [0.25, 0.3) is 10.0 Å². The van der Waals surface area contributed by atoms with E-state index < -0.39 is 28.5 Å².